The summed E-state index contributed by atoms with van der Waals surface area (Å²) in [5, 5.41) is 8.43. The Morgan fingerprint density at radius 3 is 3.06 bits per heavy atom. The van der Waals surface area contributed by atoms with E-state index in [0.29, 0.717) is 11.7 Å². The second kappa shape index (κ2) is 6.25. The summed E-state index contributed by atoms with van der Waals surface area (Å²) in [6.07, 6.45) is 1.67. The molecule has 0 bridgehead atoms. The lowest BCUT2D eigenvalue weighted by Crippen LogP contribution is -2.27. The fraction of sp³-hybridized carbons (Fsp3) is 0.200. The Labute approximate surface area is 115 Å². The van der Waals surface area contributed by atoms with E-state index in [-0.39, 0.29) is 12.5 Å². The zero-order valence-corrected chi connectivity index (χ0v) is 12.0. The largest absolute Gasteiger partial charge is 0.303 e. The van der Waals surface area contributed by atoms with Crippen molar-refractivity contribution in [2.45, 2.75) is 6.54 Å². The number of hydrogen-bond acceptors (Lipinski definition) is 5. The molecular weight excluding hydrogens is 322 g/mol. The molecule has 4 nitrogen and oxygen atoms in total. The number of nitrogens with zero attached hydrogens (tertiary/aromatic N) is 1. The highest BCUT2D eigenvalue weighted by Crippen LogP contribution is 2.22. The molecule has 0 radical (unpaired) electrons. The molecule has 2 N–H and O–H groups in total. The van der Waals surface area contributed by atoms with Crippen LogP contribution in [-0.2, 0) is 11.3 Å². The van der Waals surface area contributed by atoms with Crippen molar-refractivity contribution >= 4 is 49.6 Å². The van der Waals surface area contributed by atoms with Crippen LogP contribution in [0.25, 0.3) is 0 Å². The number of hydrogen-bond donors (Lipinski definition) is 2. The Balaban J connectivity index is 1.71. The molecule has 0 spiro atoms. The third-order valence-corrected chi connectivity index (χ3v) is 4.16. The first kappa shape index (κ1) is 12.7. The van der Waals surface area contributed by atoms with Crippen LogP contribution in [-0.4, -0.2) is 17.4 Å². The molecule has 2 aromatic heterocycles. The highest BCUT2D eigenvalue weighted by atomic mass is 79.9. The molecule has 0 aromatic carbocycles. The van der Waals surface area contributed by atoms with Crippen LogP contribution in [0.15, 0.2) is 27.5 Å². The second-order valence-electron chi connectivity index (χ2n) is 3.20. The molecule has 0 aliphatic heterocycles. The summed E-state index contributed by atoms with van der Waals surface area (Å²) in [5.41, 5.74) is 0. The van der Waals surface area contributed by atoms with Crippen LogP contribution in [0, 0.1) is 0 Å². The highest BCUT2D eigenvalue weighted by molar-refractivity contribution is 9.11. The van der Waals surface area contributed by atoms with E-state index in [0.717, 1.165) is 3.79 Å². The summed E-state index contributed by atoms with van der Waals surface area (Å²) in [6, 6.07) is 4.03. The third kappa shape index (κ3) is 4.19. The van der Waals surface area contributed by atoms with E-state index in [4.69, 9.17) is 0 Å². The quantitative estimate of drug-likeness (QED) is 0.885. The van der Waals surface area contributed by atoms with Crippen molar-refractivity contribution in [3.63, 3.8) is 0 Å². The first-order valence-corrected chi connectivity index (χ1v) is 7.37. The minimum atomic E-state index is -0.0802. The van der Waals surface area contributed by atoms with Crippen molar-refractivity contribution in [1.29, 1.82) is 0 Å². The Morgan fingerprint density at radius 2 is 2.41 bits per heavy atom. The minimum Gasteiger partial charge on any atom is -0.303 e. The number of rotatable bonds is 5. The zero-order chi connectivity index (χ0) is 12.1. The third-order valence-electron chi connectivity index (χ3n) is 1.89. The van der Waals surface area contributed by atoms with Gasteiger partial charge in [-0.1, -0.05) is 17.4 Å². The lowest BCUT2D eigenvalue weighted by atomic mass is 10.4. The zero-order valence-electron chi connectivity index (χ0n) is 8.77. The smallest absolute Gasteiger partial charge is 0.240 e. The van der Waals surface area contributed by atoms with E-state index < -0.39 is 0 Å². The maximum absolute atomic E-state index is 11.5. The lowest BCUT2D eigenvalue weighted by Gasteiger charge is -2.02. The summed E-state index contributed by atoms with van der Waals surface area (Å²) < 4.78 is 0.902. The van der Waals surface area contributed by atoms with Crippen LogP contribution in [0.5, 0.6) is 0 Å². The van der Waals surface area contributed by atoms with E-state index in [1.54, 1.807) is 17.5 Å². The van der Waals surface area contributed by atoms with Gasteiger partial charge in [0, 0.05) is 11.4 Å². The molecule has 0 saturated carbocycles. The molecule has 0 aliphatic rings. The number of anilines is 1. The SMILES string of the molecule is O=C(CNCc1cccs1)Nc1ncc(Br)s1. The Morgan fingerprint density at radius 1 is 1.53 bits per heavy atom. The fourth-order valence-corrected chi connectivity index (χ4v) is 2.99. The summed E-state index contributed by atoms with van der Waals surface area (Å²) in [7, 11) is 0. The van der Waals surface area contributed by atoms with Gasteiger partial charge in [0.1, 0.15) is 0 Å². The summed E-state index contributed by atoms with van der Waals surface area (Å²) in [4.78, 5) is 16.8. The van der Waals surface area contributed by atoms with Crippen molar-refractivity contribution < 1.29 is 4.79 Å². The Kier molecular flexibility index (Phi) is 4.66. The van der Waals surface area contributed by atoms with E-state index in [9.17, 15) is 4.79 Å². The number of aromatic nitrogens is 1. The monoisotopic (exact) mass is 331 g/mol. The molecule has 0 fully saturated rings. The predicted molar refractivity (Wildman–Crippen MR) is 74.5 cm³/mol. The molecule has 7 heteroatoms. The van der Waals surface area contributed by atoms with Gasteiger partial charge < -0.3 is 10.6 Å². The number of halogens is 1. The molecule has 2 aromatic rings. The van der Waals surface area contributed by atoms with E-state index in [1.165, 1.54) is 16.2 Å². The maximum Gasteiger partial charge on any atom is 0.240 e. The normalized spacial score (nSPS) is 10.4. The number of carbonyl (C=O) groups excluding carboxylic acids is 1. The van der Waals surface area contributed by atoms with Crippen molar-refractivity contribution in [2.24, 2.45) is 0 Å². The molecule has 17 heavy (non-hydrogen) atoms. The lowest BCUT2D eigenvalue weighted by molar-refractivity contribution is -0.115. The van der Waals surface area contributed by atoms with Crippen molar-refractivity contribution in [3.05, 3.63) is 32.4 Å². The van der Waals surface area contributed by atoms with Gasteiger partial charge in [0.2, 0.25) is 5.91 Å². The molecule has 90 valence electrons. The van der Waals surface area contributed by atoms with E-state index >= 15 is 0 Å². The minimum absolute atomic E-state index is 0.0802. The van der Waals surface area contributed by atoms with Crippen LogP contribution >= 0.6 is 38.6 Å². The molecule has 0 unspecified atom stereocenters. The molecule has 0 aliphatic carbocycles. The molecule has 2 heterocycles. The molecule has 2 rings (SSSR count). The summed E-state index contributed by atoms with van der Waals surface area (Å²) in [6.45, 7) is 1.00. The van der Waals surface area contributed by atoms with Crippen LogP contribution in [0.4, 0.5) is 5.13 Å². The van der Waals surface area contributed by atoms with Gasteiger partial charge in [-0.25, -0.2) is 4.98 Å². The fourth-order valence-electron chi connectivity index (χ4n) is 1.19. The van der Waals surface area contributed by atoms with Gasteiger partial charge in [-0.2, -0.15) is 0 Å². The van der Waals surface area contributed by atoms with Crippen LogP contribution in [0.2, 0.25) is 0 Å². The first-order valence-electron chi connectivity index (χ1n) is 4.88. The summed E-state index contributed by atoms with van der Waals surface area (Å²) in [5.74, 6) is -0.0802. The van der Waals surface area contributed by atoms with Gasteiger partial charge >= 0.3 is 0 Å². The van der Waals surface area contributed by atoms with Crippen LogP contribution < -0.4 is 10.6 Å². The number of thiazole rings is 1. The molecule has 1 amide bonds. The van der Waals surface area contributed by atoms with Gasteiger partial charge in [-0.05, 0) is 27.4 Å². The van der Waals surface area contributed by atoms with Crippen molar-refractivity contribution in [2.75, 3.05) is 11.9 Å². The van der Waals surface area contributed by atoms with Crippen molar-refractivity contribution in [1.82, 2.24) is 10.3 Å². The number of carbonyl (C=O) groups is 1. The maximum atomic E-state index is 11.5. The number of nitrogens with one attached hydrogen (secondary N) is 2. The van der Waals surface area contributed by atoms with Gasteiger partial charge in [0.15, 0.2) is 5.13 Å². The van der Waals surface area contributed by atoms with Gasteiger partial charge in [0.05, 0.1) is 16.5 Å². The predicted octanol–water partition coefficient (Wildman–Crippen LogP) is 2.70. The average molecular weight is 332 g/mol. The highest BCUT2D eigenvalue weighted by Gasteiger charge is 2.05. The van der Waals surface area contributed by atoms with Gasteiger partial charge in [0.25, 0.3) is 0 Å². The Bertz CT molecular complexity index is 483. The molecule has 0 saturated heterocycles. The molecule has 0 atom stereocenters. The average Bonchev–Trinajstić information content (AvgIpc) is 2.90. The second-order valence-corrected chi connectivity index (χ2v) is 6.64. The van der Waals surface area contributed by atoms with Gasteiger partial charge in [-0.3, -0.25) is 4.79 Å². The number of amides is 1. The first-order chi connectivity index (χ1) is 8.24. The number of thiophene rings is 1. The van der Waals surface area contributed by atoms with Crippen molar-refractivity contribution in [3.8, 4) is 0 Å². The molecular formula is C10H10BrN3OS2. The topological polar surface area (TPSA) is 54.0 Å². The van der Waals surface area contributed by atoms with Gasteiger partial charge in [-0.15, -0.1) is 11.3 Å². The van der Waals surface area contributed by atoms with E-state index in [1.807, 2.05) is 17.5 Å². The standard InChI is InChI=1S/C10H10BrN3OS2/c11-8-5-13-10(17-8)14-9(15)6-12-4-7-2-1-3-16-7/h1-3,5,12H,4,6H2,(H,13,14,15). The Hall–Kier alpha value is -0.760. The van der Waals surface area contributed by atoms with Crippen LogP contribution in [0.1, 0.15) is 4.88 Å². The van der Waals surface area contributed by atoms with Crippen LogP contribution in [0.3, 0.4) is 0 Å². The summed E-state index contributed by atoms with van der Waals surface area (Å²) >= 11 is 6.36. The van der Waals surface area contributed by atoms with E-state index in [2.05, 4.69) is 31.5 Å².